The zero-order valence-corrected chi connectivity index (χ0v) is 17.2. The first-order valence-corrected chi connectivity index (χ1v) is 10.3. The molecule has 0 saturated carbocycles. The number of rotatable bonds is 4. The van der Waals surface area contributed by atoms with Crippen LogP contribution in [0.5, 0.6) is 0 Å². The number of H-pyrrole nitrogens is 1. The number of amides is 1. The average Bonchev–Trinajstić information content (AvgIpc) is 3.30. The Balaban J connectivity index is 1.64. The van der Waals surface area contributed by atoms with Crippen LogP contribution in [0.2, 0.25) is 5.02 Å². The Hall–Kier alpha value is -3.37. The fourth-order valence-corrected chi connectivity index (χ4v) is 4.29. The van der Waals surface area contributed by atoms with Crippen molar-refractivity contribution in [3.63, 3.8) is 0 Å². The van der Waals surface area contributed by atoms with E-state index in [4.69, 9.17) is 11.6 Å². The van der Waals surface area contributed by atoms with Crippen molar-refractivity contribution in [3.8, 4) is 11.3 Å². The number of halogens is 1. The molecule has 0 fully saturated rings. The molecule has 1 atom stereocenters. The topological polar surface area (TPSA) is 49.0 Å². The molecule has 1 unspecified atom stereocenters. The summed E-state index contributed by atoms with van der Waals surface area (Å²) in [6.07, 6.45) is 0. The second-order valence-corrected chi connectivity index (χ2v) is 8.04. The highest BCUT2D eigenvalue weighted by atomic mass is 35.5. The number of carbonyl (C=O) groups excluding carboxylic acids is 1. The fraction of sp³-hybridized carbons (Fsp3) is 0.120. The first kappa shape index (κ1) is 18.6. The summed E-state index contributed by atoms with van der Waals surface area (Å²) < 4.78 is 0. The standard InChI is InChI=1S/C25H20ClN3O/c1-16-10-12-17(13-11-16)15-29-24(19-8-5-9-20(26)14-19)21-22(18-6-3-2-4-7-18)27-28-23(21)25(29)30/h2-14,24H,15H2,1H3,(H,27,28). The van der Waals surface area contributed by atoms with Gasteiger partial charge in [-0.2, -0.15) is 5.10 Å². The summed E-state index contributed by atoms with van der Waals surface area (Å²) in [5, 5.41) is 8.15. The zero-order valence-electron chi connectivity index (χ0n) is 16.5. The number of aromatic nitrogens is 2. The number of nitrogens with zero attached hydrogens (tertiary/aromatic N) is 2. The number of hydrogen-bond acceptors (Lipinski definition) is 2. The minimum Gasteiger partial charge on any atom is -0.322 e. The summed E-state index contributed by atoms with van der Waals surface area (Å²) in [7, 11) is 0. The minimum atomic E-state index is -0.263. The van der Waals surface area contributed by atoms with E-state index in [-0.39, 0.29) is 11.9 Å². The van der Waals surface area contributed by atoms with Crippen molar-refractivity contribution in [1.82, 2.24) is 15.1 Å². The largest absolute Gasteiger partial charge is 0.322 e. The van der Waals surface area contributed by atoms with E-state index in [2.05, 4.69) is 41.4 Å². The number of hydrogen-bond donors (Lipinski definition) is 1. The molecule has 5 rings (SSSR count). The number of nitrogens with one attached hydrogen (secondary N) is 1. The predicted molar refractivity (Wildman–Crippen MR) is 118 cm³/mol. The molecule has 4 aromatic rings. The van der Waals surface area contributed by atoms with Gasteiger partial charge in [0.1, 0.15) is 5.69 Å². The van der Waals surface area contributed by atoms with Crippen LogP contribution in [0.3, 0.4) is 0 Å². The van der Waals surface area contributed by atoms with Gasteiger partial charge in [-0.15, -0.1) is 0 Å². The van der Waals surface area contributed by atoms with Gasteiger partial charge in [0, 0.05) is 22.7 Å². The van der Waals surface area contributed by atoms with Crippen molar-refractivity contribution in [3.05, 3.63) is 112 Å². The molecule has 0 saturated heterocycles. The van der Waals surface area contributed by atoms with Crippen molar-refractivity contribution < 1.29 is 4.79 Å². The predicted octanol–water partition coefficient (Wildman–Crippen LogP) is 5.78. The third-order valence-electron chi connectivity index (χ3n) is 5.55. The van der Waals surface area contributed by atoms with Crippen LogP contribution in [0, 0.1) is 6.92 Å². The van der Waals surface area contributed by atoms with Crippen molar-refractivity contribution in [2.75, 3.05) is 0 Å². The van der Waals surface area contributed by atoms with Crippen LogP contribution in [0.4, 0.5) is 0 Å². The normalized spacial score (nSPS) is 15.5. The van der Waals surface area contributed by atoms with E-state index in [1.54, 1.807) is 0 Å². The summed E-state index contributed by atoms with van der Waals surface area (Å²) in [5.41, 5.74) is 6.48. The quantitative estimate of drug-likeness (QED) is 0.460. The van der Waals surface area contributed by atoms with Gasteiger partial charge in [0.05, 0.1) is 11.7 Å². The van der Waals surface area contributed by atoms with Gasteiger partial charge in [-0.1, -0.05) is 83.9 Å². The lowest BCUT2D eigenvalue weighted by molar-refractivity contribution is 0.0730. The molecule has 2 heterocycles. The molecule has 3 aromatic carbocycles. The highest BCUT2D eigenvalue weighted by Crippen LogP contribution is 2.43. The molecule has 148 valence electrons. The molecular weight excluding hydrogens is 394 g/mol. The average molecular weight is 414 g/mol. The molecule has 0 bridgehead atoms. The second-order valence-electron chi connectivity index (χ2n) is 7.60. The number of aryl methyl sites for hydroxylation is 1. The Morgan fingerprint density at radius 2 is 1.77 bits per heavy atom. The lowest BCUT2D eigenvalue weighted by Gasteiger charge is -2.26. The molecule has 0 spiro atoms. The molecule has 4 nitrogen and oxygen atoms in total. The number of benzene rings is 3. The molecule has 0 aliphatic carbocycles. The Morgan fingerprint density at radius 1 is 1.00 bits per heavy atom. The fourth-order valence-electron chi connectivity index (χ4n) is 4.09. The minimum absolute atomic E-state index is 0.0507. The summed E-state index contributed by atoms with van der Waals surface area (Å²) in [4.78, 5) is 15.3. The maximum absolute atomic E-state index is 13.4. The highest BCUT2D eigenvalue weighted by Gasteiger charge is 2.42. The molecule has 0 radical (unpaired) electrons. The highest BCUT2D eigenvalue weighted by molar-refractivity contribution is 6.30. The van der Waals surface area contributed by atoms with Crippen LogP contribution in [0.1, 0.15) is 38.8 Å². The van der Waals surface area contributed by atoms with Gasteiger partial charge in [-0.3, -0.25) is 9.89 Å². The summed E-state index contributed by atoms with van der Waals surface area (Å²) >= 11 is 6.32. The Kier molecular flexibility index (Phi) is 4.64. The Morgan fingerprint density at radius 3 is 2.50 bits per heavy atom. The number of fused-ring (bicyclic) bond motifs is 1. The molecule has 1 amide bonds. The molecule has 1 aliphatic rings. The number of aromatic amines is 1. The summed E-state index contributed by atoms with van der Waals surface area (Å²) in [5.74, 6) is -0.0507. The van der Waals surface area contributed by atoms with E-state index < -0.39 is 0 Å². The molecule has 1 aromatic heterocycles. The van der Waals surface area contributed by atoms with E-state index in [1.165, 1.54) is 5.56 Å². The van der Waals surface area contributed by atoms with Crippen LogP contribution in [0.15, 0.2) is 78.9 Å². The SMILES string of the molecule is Cc1ccc(CN2C(=O)c3[nH]nc(-c4ccccc4)c3C2c2cccc(Cl)c2)cc1. The first-order chi connectivity index (χ1) is 14.6. The molecule has 1 N–H and O–H groups in total. The van der Waals surface area contributed by atoms with E-state index in [0.717, 1.165) is 27.9 Å². The van der Waals surface area contributed by atoms with E-state index in [1.807, 2.05) is 59.5 Å². The van der Waals surface area contributed by atoms with Gasteiger partial charge in [-0.05, 0) is 30.2 Å². The molecule has 30 heavy (non-hydrogen) atoms. The van der Waals surface area contributed by atoms with Gasteiger partial charge in [0.25, 0.3) is 5.91 Å². The van der Waals surface area contributed by atoms with Crippen molar-refractivity contribution >= 4 is 17.5 Å². The third-order valence-corrected chi connectivity index (χ3v) is 5.78. The van der Waals surface area contributed by atoms with Gasteiger partial charge in [0.15, 0.2) is 0 Å². The third kappa shape index (κ3) is 3.19. The Labute approximate surface area is 180 Å². The van der Waals surface area contributed by atoms with Crippen molar-refractivity contribution in [2.24, 2.45) is 0 Å². The van der Waals surface area contributed by atoms with Crippen molar-refractivity contribution in [2.45, 2.75) is 19.5 Å². The lowest BCUT2D eigenvalue weighted by Crippen LogP contribution is -2.29. The van der Waals surface area contributed by atoms with Gasteiger partial charge >= 0.3 is 0 Å². The zero-order chi connectivity index (χ0) is 20.7. The van der Waals surface area contributed by atoms with Gasteiger partial charge in [0.2, 0.25) is 0 Å². The molecule has 5 heteroatoms. The van der Waals surface area contributed by atoms with Crippen LogP contribution in [-0.2, 0) is 6.54 Å². The van der Waals surface area contributed by atoms with Crippen LogP contribution >= 0.6 is 11.6 Å². The van der Waals surface area contributed by atoms with Crippen LogP contribution in [-0.4, -0.2) is 21.0 Å². The summed E-state index contributed by atoms with van der Waals surface area (Å²) in [6.45, 7) is 2.56. The first-order valence-electron chi connectivity index (χ1n) is 9.87. The second kappa shape index (κ2) is 7.47. The lowest BCUT2D eigenvalue weighted by atomic mass is 9.96. The van der Waals surface area contributed by atoms with E-state index in [9.17, 15) is 4.79 Å². The van der Waals surface area contributed by atoms with Crippen LogP contribution in [0.25, 0.3) is 11.3 Å². The van der Waals surface area contributed by atoms with Crippen molar-refractivity contribution in [1.29, 1.82) is 0 Å². The smallest absolute Gasteiger partial charge is 0.273 e. The molecular formula is C25H20ClN3O. The molecule has 1 aliphatic heterocycles. The maximum Gasteiger partial charge on any atom is 0.273 e. The van der Waals surface area contributed by atoms with Gasteiger partial charge < -0.3 is 4.90 Å². The van der Waals surface area contributed by atoms with Gasteiger partial charge in [-0.25, -0.2) is 0 Å². The van der Waals surface area contributed by atoms with E-state index >= 15 is 0 Å². The summed E-state index contributed by atoms with van der Waals surface area (Å²) in [6, 6.07) is 25.7. The van der Waals surface area contributed by atoms with Crippen LogP contribution < -0.4 is 0 Å². The monoisotopic (exact) mass is 413 g/mol. The Bertz CT molecular complexity index is 1210. The maximum atomic E-state index is 13.4. The number of carbonyl (C=O) groups is 1. The van der Waals surface area contributed by atoms with E-state index in [0.29, 0.717) is 17.3 Å².